The van der Waals surface area contributed by atoms with E-state index in [1.807, 2.05) is 20.8 Å². The maximum absolute atomic E-state index is 14.6. The van der Waals surface area contributed by atoms with Gasteiger partial charge in [0.15, 0.2) is 21.4 Å². The third-order valence-corrected chi connectivity index (χ3v) is 15.1. The van der Waals surface area contributed by atoms with Crippen LogP contribution >= 0.6 is 0 Å². The maximum Gasteiger partial charge on any atom is 0.227 e. The molecule has 0 N–H and O–H groups in total. The molecule has 0 bridgehead atoms. The molecule has 0 aromatic carbocycles. The van der Waals surface area contributed by atoms with Crippen LogP contribution in [0.1, 0.15) is 118 Å². The van der Waals surface area contributed by atoms with Crippen molar-refractivity contribution in [1.82, 2.24) is 4.90 Å². The summed E-state index contributed by atoms with van der Waals surface area (Å²) in [6.07, 6.45) is 8.68. The molecule has 3 aliphatic carbocycles. The topological polar surface area (TPSA) is 132 Å². The van der Waals surface area contributed by atoms with Gasteiger partial charge in [-0.2, -0.15) is 0 Å². The number of hydrogen-bond donors (Lipinski definition) is 0. The number of hydrogen-bond acceptors (Lipinski definition) is 8. The molecular formula is C39H59NO8S. The van der Waals surface area contributed by atoms with Crippen molar-refractivity contribution in [2.75, 3.05) is 25.5 Å². The van der Waals surface area contributed by atoms with Crippen LogP contribution in [0.5, 0.6) is 0 Å². The van der Waals surface area contributed by atoms with Crippen molar-refractivity contribution in [2.24, 2.45) is 45.8 Å². The fourth-order valence-corrected chi connectivity index (χ4v) is 11.6. The average molecular weight is 702 g/mol. The molecule has 5 rings (SSSR count). The highest BCUT2D eigenvalue weighted by atomic mass is 32.2. The van der Waals surface area contributed by atoms with E-state index in [2.05, 4.69) is 20.4 Å². The van der Waals surface area contributed by atoms with Crippen molar-refractivity contribution >= 4 is 38.9 Å². The molecule has 1 amide bonds. The number of likely N-dealkylation sites (tertiary alicyclic amines) is 1. The zero-order chi connectivity index (χ0) is 35.9. The molecule has 5 fully saturated rings. The number of piperidine rings is 1. The number of sulfone groups is 1. The van der Waals surface area contributed by atoms with Crippen LogP contribution in [-0.4, -0.2) is 79.2 Å². The van der Waals surface area contributed by atoms with Gasteiger partial charge >= 0.3 is 0 Å². The zero-order valence-corrected chi connectivity index (χ0v) is 31.3. The first kappa shape index (κ1) is 38.0. The minimum absolute atomic E-state index is 0.0194. The molecule has 5 aliphatic rings. The van der Waals surface area contributed by atoms with Crippen molar-refractivity contribution in [3.05, 3.63) is 12.7 Å². The van der Waals surface area contributed by atoms with Gasteiger partial charge in [0.2, 0.25) is 11.7 Å². The Hall–Kier alpha value is -2.20. The number of amides is 1. The lowest BCUT2D eigenvalue weighted by molar-refractivity contribution is -0.148. The van der Waals surface area contributed by atoms with Gasteiger partial charge in [0.25, 0.3) is 0 Å². The van der Waals surface area contributed by atoms with Crippen molar-refractivity contribution in [2.45, 2.75) is 129 Å². The summed E-state index contributed by atoms with van der Waals surface area (Å²) in [5, 5.41) is -0.716. The van der Waals surface area contributed by atoms with Crippen LogP contribution in [0, 0.1) is 45.8 Å². The summed E-state index contributed by atoms with van der Waals surface area (Å²) >= 11 is 0. The Morgan fingerprint density at radius 3 is 2.29 bits per heavy atom. The molecule has 0 aromatic rings. The highest BCUT2D eigenvalue weighted by molar-refractivity contribution is 7.92. The Labute approximate surface area is 293 Å². The number of allylic oxidation sites excluding steroid dienone is 1. The van der Waals surface area contributed by atoms with Gasteiger partial charge in [-0.3, -0.25) is 24.0 Å². The molecule has 2 unspecified atom stereocenters. The van der Waals surface area contributed by atoms with Gasteiger partial charge in [0, 0.05) is 44.1 Å². The number of rotatable bonds is 16. The summed E-state index contributed by atoms with van der Waals surface area (Å²) in [5.74, 6) is -2.38. The second-order valence-corrected chi connectivity index (χ2v) is 20.0. The second-order valence-electron chi connectivity index (χ2n) is 17.7. The van der Waals surface area contributed by atoms with E-state index >= 15 is 0 Å². The third-order valence-electron chi connectivity index (χ3n) is 12.9. The first-order chi connectivity index (χ1) is 22.9. The Balaban J connectivity index is 1.35. The second kappa shape index (κ2) is 14.4. The number of fused-ring (bicyclic) bond motifs is 1. The summed E-state index contributed by atoms with van der Waals surface area (Å²) in [4.78, 5) is 70.7. The summed E-state index contributed by atoms with van der Waals surface area (Å²) in [5.41, 5.74) is -1.41. The largest absolute Gasteiger partial charge is 0.379 e. The molecule has 3 saturated carbocycles. The van der Waals surface area contributed by atoms with Crippen LogP contribution < -0.4 is 0 Å². The SMILES string of the molecule is C=CCCC(=O)C(=O)[C@@H](CC(=O)[C@@H]1[C@@H]2C(CN1C(=O)[C@@H](CC(=O)CC1(C3COCCS3(=O)=O)CCCCC1)C(C)(C)C)C2(C)C)CC1CC1. The summed E-state index contributed by atoms with van der Waals surface area (Å²) < 4.78 is 32.2. The van der Waals surface area contributed by atoms with Crippen LogP contribution in [0.25, 0.3) is 0 Å². The van der Waals surface area contributed by atoms with E-state index in [0.717, 1.165) is 32.1 Å². The first-order valence-corrected chi connectivity index (χ1v) is 20.5. The molecule has 2 saturated heterocycles. The van der Waals surface area contributed by atoms with Crippen LogP contribution in [0.4, 0.5) is 0 Å². The number of Topliss-reactive ketones (excluding diaryl/α,β-unsaturated/α-hetero) is 4. The summed E-state index contributed by atoms with van der Waals surface area (Å²) in [6, 6.07) is -0.695. The molecule has 0 spiro atoms. The molecule has 274 valence electrons. The average Bonchev–Trinajstić information content (AvgIpc) is 3.88. The van der Waals surface area contributed by atoms with E-state index in [1.54, 1.807) is 11.0 Å². The van der Waals surface area contributed by atoms with Crippen LogP contribution in [0.2, 0.25) is 0 Å². The van der Waals surface area contributed by atoms with Crippen LogP contribution in [0.3, 0.4) is 0 Å². The Kier molecular flexibility index (Phi) is 11.2. The predicted octanol–water partition coefficient (Wildman–Crippen LogP) is 5.73. The third kappa shape index (κ3) is 8.15. The molecule has 0 radical (unpaired) electrons. The zero-order valence-electron chi connectivity index (χ0n) is 30.5. The Morgan fingerprint density at radius 2 is 1.69 bits per heavy atom. The first-order valence-electron chi connectivity index (χ1n) is 18.7. The lowest BCUT2D eigenvalue weighted by atomic mass is 9.67. The highest BCUT2D eigenvalue weighted by Crippen LogP contribution is 2.65. The van der Waals surface area contributed by atoms with Crippen molar-refractivity contribution in [3.8, 4) is 0 Å². The van der Waals surface area contributed by atoms with Crippen LogP contribution in [0.15, 0.2) is 12.7 Å². The Bertz CT molecular complexity index is 1430. The number of ether oxygens (including phenoxy) is 1. The molecule has 9 nitrogen and oxygen atoms in total. The monoisotopic (exact) mass is 701 g/mol. The molecule has 2 heterocycles. The fourth-order valence-electron chi connectivity index (χ4n) is 9.56. The summed E-state index contributed by atoms with van der Waals surface area (Å²) in [7, 11) is -3.41. The minimum atomic E-state index is -3.41. The van der Waals surface area contributed by atoms with Crippen molar-refractivity contribution in [3.63, 3.8) is 0 Å². The van der Waals surface area contributed by atoms with Gasteiger partial charge in [-0.1, -0.05) is 72.8 Å². The number of carbonyl (C=O) groups excluding carboxylic acids is 5. The maximum atomic E-state index is 14.6. The lowest BCUT2D eigenvalue weighted by Crippen LogP contribution is -2.52. The number of nitrogens with zero attached hydrogens (tertiary/aromatic N) is 1. The quantitative estimate of drug-likeness (QED) is 0.147. The van der Waals surface area contributed by atoms with Gasteiger partial charge in [0.1, 0.15) is 5.78 Å². The Morgan fingerprint density at radius 1 is 1.02 bits per heavy atom. The lowest BCUT2D eigenvalue weighted by Gasteiger charge is -2.44. The molecular weight excluding hydrogens is 642 g/mol. The predicted molar refractivity (Wildman–Crippen MR) is 187 cm³/mol. The standard InChI is InChI=1S/C39H59NO8S/c1-7-8-12-30(42)35(44)26(19-25-13-14-25)20-31(43)34-33-29(38(33,5)6)23-40(34)36(45)28(37(2,3)4)21-27(41)22-39(15-10-9-11-16-39)32-24-48-17-18-49(32,46)47/h7,25-26,28-29,32-34H,1,8-24H2,2-6H3/t26-,28-,29?,32?,33+,34-/m1/s1. The van der Waals surface area contributed by atoms with E-state index in [-0.39, 0.29) is 79.4 Å². The van der Waals surface area contributed by atoms with Crippen molar-refractivity contribution in [1.29, 1.82) is 0 Å². The smallest absolute Gasteiger partial charge is 0.227 e. The molecule has 6 atom stereocenters. The number of ketones is 4. The minimum Gasteiger partial charge on any atom is -0.379 e. The number of carbonyl (C=O) groups is 5. The van der Waals surface area contributed by atoms with Crippen molar-refractivity contribution < 1.29 is 37.1 Å². The molecule has 10 heteroatoms. The van der Waals surface area contributed by atoms with E-state index in [0.29, 0.717) is 38.1 Å². The van der Waals surface area contributed by atoms with Gasteiger partial charge < -0.3 is 9.64 Å². The molecule has 49 heavy (non-hydrogen) atoms. The van der Waals surface area contributed by atoms with Gasteiger partial charge in [-0.25, -0.2) is 8.42 Å². The fraction of sp³-hybridized carbons (Fsp3) is 0.821. The molecule has 2 aliphatic heterocycles. The van der Waals surface area contributed by atoms with Gasteiger partial charge in [0.05, 0.1) is 30.3 Å². The van der Waals surface area contributed by atoms with E-state index < -0.39 is 55.4 Å². The highest BCUT2D eigenvalue weighted by Gasteiger charge is 2.69. The summed E-state index contributed by atoms with van der Waals surface area (Å²) in [6.45, 7) is 14.4. The van der Waals surface area contributed by atoms with E-state index in [1.165, 1.54) is 0 Å². The van der Waals surface area contributed by atoms with E-state index in [4.69, 9.17) is 4.74 Å². The van der Waals surface area contributed by atoms with Gasteiger partial charge in [-0.15, -0.1) is 6.58 Å². The van der Waals surface area contributed by atoms with Crippen LogP contribution in [-0.2, 0) is 38.5 Å². The van der Waals surface area contributed by atoms with Gasteiger partial charge in [-0.05, 0) is 59.7 Å². The van der Waals surface area contributed by atoms with E-state index in [9.17, 15) is 32.4 Å². The normalized spacial score (nSPS) is 29.7. The molecule has 0 aromatic heterocycles.